The van der Waals surface area contributed by atoms with Crippen LogP contribution in [0.15, 0.2) is 85.1 Å². The van der Waals surface area contributed by atoms with Gasteiger partial charge in [0.1, 0.15) is 6.61 Å². The van der Waals surface area contributed by atoms with Gasteiger partial charge < -0.3 is 20.1 Å². The number of allylic oxidation sites excluding steroid dienone is 14. The maximum atomic E-state index is 12.8. The fourth-order valence-electron chi connectivity index (χ4n) is 9.76. The third-order valence-electron chi connectivity index (χ3n) is 14.8. The molecule has 2 unspecified atom stereocenters. The number of carbonyl (C=O) groups excluding carboxylic acids is 2. The summed E-state index contributed by atoms with van der Waals surface area (Å²) in [6.07, 6.45) is 88.1. The van der Waals surface area contributed by atoms with Crippen LogP contribution in [0.5, 0.6) is 0 Å². The Bertz CT molecular complexity index is 1600. The summed E-state index contributed by atoms with van der Waals surface area (Å²) < 4.78 is 33.2. The van der Waals surface area contributed by atoms with Crippen molar-refractivity contribution >= 4 is 19.8 Å². The van der Waals surface area contributed by atoms with E-state index < -0.39 is 26.5 Å². The molecule has 10 heteroatoms. The number of phosphoric ester groups is 1. The number of rotatable bonds is 64. The third kappa shape index (κ3) is 66.2. The predicted octanol–water partition coefficient (Wildman–Crippen LogP) is 22.2. The molecular weight excluding hydrogens is 1030 g/mol. The molecule has 470 valence electrons. The molecular formula is C71H128NO8P. The molecule has 0 heterocycles. The SMILES string of the molecule is CC/C=C\C/C=C\C/C=C\C/C=C\C/C=C\C/C=C\CCCCCCCCCCCCCCCCCCC(=O)OC(COC(=O)CCCCCCCCCCCCCCC/C=C\CCCCCCCCCC)COP(=O)(O)OCCN. The highest BCUT2D eigenvalue weighted by Crippen LogP contribution is 2.43. The largest absolute Gasteiger partial charge is 0.472 e. The molecule has 0 bridgehead atoms. The van der Waals surface area contributed by atoms with Crippen molar-refractivity contribution in [1.82, 2.24) is 0 Å². The fourth-order valence-corrected chi connectivity index (χ4v) is 10.5. The Labute approximate surface area is 500 Å². The molecule has 0 spiro atoms. The van der Waals surface area contributed by atoms with E-state index in [2.05, 4.69) is 98.9 Å². The molecule has 0 fully saturated rings. The minimum atomic E-state index is -4.39. The van der Waals surface area contributed by atoms with E-state index in [1.54, 1.807) is 0 Å². The van der Waals surface area contributed by atoms with Crippen LogP contribution in [0.4, 0.5) is 0 Å². The summed E-state index contributed by atoms with van der Waals surface area (Å²) in [5, 5.41) is 0. The van der Waals surface area contributed by atoms with Crippen molar-refractivity contribution < 1.29 is 37.6 Å². The summed E-state index contributed by atoms with van der Waals surface area (Å²) in [5.41, 5.74) is 5.40. The number of hydrogen-bond acceptors (Lipinski definition) is 8. The molecule has 0 saturated heterocycles. The predicted molar refractivity (Wildman–Crippen MR) is 349 cm³/mol. The van der Waals surface area contributed by atoms with Crippen molar-refractivity contribution in [3.05, 3.63) is 85.1 Å². The summed E-state index contributed by atoms with van der Waals surface area (Å²) in [6.45, 7) is 3.67. The van der Waals surface area contributed by atoms with Gasteiger partial charge >= 0.3 is 19.8 Å². The number of unbranched alkanes of at least 4 members (excludes halogenated alkanes) is 37. The van der Waals surface area contributed by atoms with E-state index >= 15 is 0 Å². The maximum absolute atomic E-state index is 12.8. The second kappa shape index (κ2) is 66.3. The summed E-state index contributed by atoms with van der Waals surface area (Å²) in [6, 6.07) is 0. The van der Waals surface area contributed by atoms with Gasteiger partial charge in [0.15, 0.2) is 6.10 Å². The molecule has 0 aromatic carbocycles. The zero-order valence-corrected chi connectivity index (χ0v) is 53.7. The first-order valence-corrected chi connectivity index (χ1v) is 35.6. The highest BCUT2D eigenvalue weighted by molar-refractivity contribution is 7.47. The van der Waals surface area contributed by atoms with Gasteiger partial charge in [-0.2, -0.15) is 0 Å². The number of hydrogen-bond donors (Lipinski definition) is 2. The molecule has 0 aromatic heterocycles. The molecule has 0 saturated carbocycles. The molecule has 0 amide bonds. The average molecular weight is 1150 g/mol. The number of nitrogens with two attached hydrogens (primary N) is 1. The molecule has 81 heavy (non-hydrogen) atoms. The number of esters is 2. The van der Waals surface area contributed by atoms with Gasteiger partial charge in [-0.3, -0.25) is 18.6 Å². The molecule has 0 aliphatic rings. The van der Waals surface area contributed by atoms with Crippen molar-refractivity contribution in [3.63, 3.8) is 0 Å². The molecule has 0 aliphatic heterocycles. The Balaban J connectivity index is 3.87. The van der Waals surface area contributed by atoms with Gasteiger partial charge in [-0.25, -0.2) is 4.57 Å². The van der Waals surface area contributed by atoms with Crippen LogP contribution in [-0.2, 0) is 32.7 Å². The van der Waals surface area contributed by atoms with Gasteiger partial charge in [0.05, 0.1) is 13.2 Å². The van der Waals surface area contributed by atoms with Crippen molar-refractivity contribution in [2.75, 3.05) is 26.4 Å². The lowest BCUT2D eigenvalue weighted by Crippen LogP contribution is -2.29. The molecule has 0 aromatic rings. The molecule has 0 rings (SSSR count). The second-order valence-corrected chi connectivity index (χ2v) is 24.1. The third-order valence-corrected chi connectivity index (χ3v) is 15.7. The zero-order valence-electron chi connectivity index (χ0n) is 52.8. The first kappa shape index (κ1) is 78.2. The van der Waals surface area contributed by atoms with Crippen LogP contribution >= 0.6 is 7.82 Å². The van der Waals surface area contributed by atoms with Gasteiger partial charge in [-0.1, -0.05) is 304 Å². The lowest BCUT2D eigenvalue weighted by molar-refractivity contribution is -0.161. The Hall–Kier alpha value is -2.81. The van der Waals surface area contributed by atoms with Crippen LogP contribution in [0.2, 0.25) is 0 Å². The van der Waals surface area contributed by atoms with E-state index in [1.165, 1.54) is 212 Å². The van der Waals surface area contributed by atoms with E-state index in [9.17, 15) is 19.0 Å². The first-order chi connectivity index (χ1) is 39.8. The highest BCUT2D eigenvalue weighted by atomic mass is 31.2. The highest BCUT2D eigenvalue weighted by Gasteiger charge is 2.26. The first-order valence-electron chi connectivity index (χ1n) is 34.1. The zero-order chi connectivity index (χ0) is 58.7. The van der Waals surface area contributed by atoms with Gasteiger partial charge in [-0.05, 0) is 89.9 Å². The molecule has 9 nitrogen and oxygen atoms in total. The van der Waals surface area contributed by atoms with Crippen molar-refractivity contribution in [2.24, 2.45) is 5.73 Å². The van der Waals surface area contributed by atoms with E-state index in [0.29, 0.717) is 6.42 Å². The monoisotopic (exact) mass is 1150 g/mol. The standard InChI is InChI=1S/C71H128NO8P/c1-3-5-7-9-11-13-15-17-19-21-23-25-27-29-30-31-32-33-34-35-36-37-38-40-42-44-46-48-50-52-54-56-58-60-62-64-71(74)80-69(68-79-81(75,76)78-66-65-72)67-77-70(73)63-61-59-57-55-53-51-49-47-45-43-41-39-28-26-24-22-20-18-16-14-12-10-8-6-4-2/h5,7,11,13,17,19,22-25,29-30,32-33,69H,3-4,6,8-10,12,14-16,18,20-21,26-28,31,34-68,72H2,1-2H3,(H,75,76)/b7-5-,13-11-,19-17-,24-22-,25-23-,30-29-,33-32-. The molecule has 0 radical (unpaired) electrons. The van der Waals surface area contributed by atoms with Gasteiger partial charge in [0, 0.05) is 19.4 Å². The Morgan fingerprint density at radius 2 is 0.679 bits per heavy atom. The Morgan fingerprint density at radius 3 is 1.02 bits per heavy atom. The molecule has 0 aliphatic carbocycles. The lowest BCUT2D eigenvalue weighted by Gasteiger charge is -2.19. The maximum Gasteiger partial charge on any atom is 0.472 e. The van der Waals surface area contributed by atoms with E-state index in [4.69, 9.17) is 24.3 Å². The minimum absolute atomic E-state index is 0.0525. The normalized spacial score (nSPS) is 13.5. The second-order valence-electron chi connectivity index (χ2n) is 22.7. The molecule has 2 atom stereocenters. The Morgan fingerprint density at radius 1 is 0.383 bits per heavy atom. The van der Waals surface area contributed by atoms with Crippen LogP contribution < -0.4 is 5.73 Å². The van der Waals surface area contributed by atoms with E-state index in [0.717, 1.165) is 77.0 Å². The average Bonchev–Trinajstić information content (AvgIpc) is 3.46. The minimum Gasteiger partial charge on any atom is -0.462 e. The van der Waals surface area contributed by atoms with Crippen molar-refractivity contribution in [2.45, 2.75) is 328 Å². The number of ether oxygens (including phenoxy) is 2. The number of phosphoric acid groups is 1. The quantitative estimate of drug-likeness (QED) is 0.0264. The smallest absolute Gasteiger partial charge is 0.462 e. The van der Waals surface area contributed by atoms with Gasteiger partial charge in [0.2, 0.25) is 0 Å². The van der Waals surface area contributed by atoms with Crippen LogP contribution in [-0.4, -0.2) is 49.3 Å². The fraction of sp³-hybridized carbons (Fsp3) is 0.775. The van der Waals surface area contributed by atoms with Crippen LogP contribution in [0.3, 0.4) is 0 Å². The lowest BCUT2D eigenvalue weighted by atomic mass is 10.0. The summed E-state index contributed by atoms with van der Waals surface area (Å²) in [5.74, 6) is -0.816. The van der Waals surface area contributed by atoms with Gasteiger partial charge in [0.25, 0.3) is 0 Å². The summed E-state index contributed by atoms with van der Waals surface area (Å²) in [7, 11) is -4.39. The Kier molecular flexibility index (Phi) is 64.0. The summed E-state index contributed by atoms with van der Waals surface area (Å²) in [4.78, 5) is 35.3. The summed E-state index contributed by atoms with van der Waals surface area (Å²) >= 11 is 0. The topological polar surface area (TPSA) is 134 Å². The van der Waals surface area contributed by atoms with Crippen molar-refractivity contribution in [3.8, 4) is 0 Å². The van der Waals surface area contributed by atoms with E-state index in [-0.39, 0.29) is 38.6 Å². The van der Waals surface area contributed by atoms with E-state index in [1.807, 2.05) is 0 Å². The van der Waals surface area contributed by atoms with Crippen LogP contribution in [0.1, 0.15) is 322 Å². The number of carbonyl (C=O) groups is 2. The molecule has 3 N–H and O–H groups in total. The van der Waals surface area contributed by atoms with Gasteiger partial charge in [-0.15, -0.1) is 0 Å². The van der Waals surface area contributed by atoms with Crippen LogP contribution in [0.25, 0.3) is 0 Å². The van der Waals surface area contributed by atoms with Crippen molar-refractivity contribution in [1.29, 1.82) is 0 Å². The van der Waals surface area contributed by atoms with Crippen LogP contribution in [0, 0.1) is 0 Å².